The number of anilines is 1. The number of hydrogen-bond acceptors (Lipinski definition) is 8. The largest absolute Gasteiger partial charge is 0.462 e. The Bertz CT molecular complexity index is 1470. The van der Waals surface area contributed by atoms with Crippen LogP contribution in [0.15, 0.2) is 30.6 Å². The summed E-state index contributed by atoms with van der Waals surface area (Å²) in [7, 11) is 1.85. The van der Waals surface area contributed by atoms with Crippen molar-refractivity contribution in [2.75, 3.05) is 44.7 Å². The van der Waals surface area contributed by atoms with E-state index in [0.29, 0.717) is 55.3 Å². The molecule has 43 heavy (non-hydrogen) atoms. The van der Waals surface area contributed by atoms with Crippen LogP contribution in [0.25, 0.3) is 0 Å². The molecule has 12 heteroatoms. The number of halogens is 3. The maximum absolute atomic E-state index is 14.0. The number of aromatic nitrogens is 2. The molecule has 3 aliphatic rings. The van der Waals surface area contributed by atoms with Crippen LogP contribution in [-0.2, 0) is 27.8 Å². The van der Waals surface area contributed by atoms with E-state index in [1.165, 1.54) is 4.90 Å². The highest BCUT2D eigenvalue weighted by molar-refractivity contribution is 6.31. The molecule has 2 aliphatic heterocycles. The molecule has 0 bridgehead atoms. The van der Waals surface area contributed by atoms with Crippen LogP contribution in [0.4, 0.5) is 14.6 Å². The monoisotopic (exact) mass is 612 g/mol. The van der Waals surface area contributed by atoms with E-state index in [1.807, 2.05) is 42.0 Å². The van der Waals surface area contributed by atoms with E-state index in [-0.39, 0.29) is 38.2 Å². The molecule has 0 spiro atoms. The van der Waals surface area contributed by atoms with Crippen molar-refractivity contribution in [3.05, 3.63) is 58.0 Å². The van der Waals surface area contributed by atoms with Crippen LogP contribution < -0.4 is 9.64 Å². The zero-order chi connectivity index (χ0) is 30.9. The number of rotatable bonds is 9. The molecule has 1 aromatic carbocycles. The van der Waals surface area contributed by atoms with Crippen molar-refractivity contribution in [2.24, 2.45) is 0 Å². The first kappa shape index (κ1) is 30.8. The molecule has 1 unspecified atom stereocenters. The Labute approximate surface area is 255 Å². The van der Waals surface area contributed by atoms with Crippen molar-refractivity contribution in [3.63, 3.8) is 0 Å². The third-order valence-electron chi connectivity index (χ3n) is 9.03. The minimum Gasteiger partial charge on any atom is -0.462 e. The molecule has 1 aliphatic carbocycles. The number of carbonyl (C=O) groups is 2. The lowest BCUT2D eigenvalue weighted by Crippen LogP contribution is -2.55. The number of alkyl halides is 1. The second kappa shape index (κ2) is 12.5. The van der Waals surface area contributed by atoms with E-state index in [2.05, 4.69) is 12.6 Å². The van der Waals surface area contributed by atoms with Crippen LogP contribution in [0, 0.1) is 18.3 Å². The highest BCUT2D eigenvalue weighted by atomic mass is 35.5. The Morgan fingerprint density at radius 1 is 1.30 bits per heavy atom. The number of nitrogens with zero attached hydrogens (tertiary/aromatic N) is 6. The fourth-order valence-corrected chi connectivity index (χ4v) is 6.88. The maximum atomic E-state index is 14.0. The van der Waals surface area contributed by atoms with E-state index in [9.17, 15) is 23.6 Å². The number of hydrogen-bond donors (Lipinski definition) is 0. The first-order valence-corrected chi connectivity index (χ1v) is 14.8. The van der Waals surface area contributed by atoms with Crippen LogP contribution >= 0.6 is 11.6 Å². The smallest absolute Gasteiger partial charge is 0.318 e. The molecular formula is C31H35ClF2N6O3. The summed E-state index contributed by atoms with van der Waals surface area (Å²) in [6.07, 6.45) is 1.93. The number of aldehydes is 1. The normalized spacial score (nSPS) is 25.3. The molecule has 4 atom stereocenters. The number of ether oxygens (including phenoxy) is 1. The second-order valence-corrected chi connectivity index (χ2v) is 12.1. The third kappa shape index (κ3) is 6.08. The number of carbonyl (C=O) groups excluding carboxylic acids is 2. The lowest BCUT2D eigenvalue weighted by Gasteiger charge is -2.41. The van der Waals surface area contributed by atoms with Gasteiger partial charge < -0.3 is 19.3 Å². The highest BCUT2D eigenvalue weighted by Gasteiger charge is 2.41. The summed E-state index contributed by atoms with van der Waals surface area (Å²) >= 11 is 6.48. The molecule has 1 amide bonds. The summed E-state index contributed by atoms with van der Waals surface area (Å²) in [6.45, 7) is 6.25. The number of nitriles is 1. The molecule has 0 saturated carbocycles. The SMILES string of the molecule is C=C(F)C(=O)N1CCN(c2nc(OC[C@@H]3C[C@@H](F)CN3C)nc(CC3(C=O)CCc4c(Cl)cccc43)c2C)C[C@@H]1CC#N. The van der Waals surface area contributed by atoms with Crippen LogP contribution in [-0.4, -0.2) is 90.1 Å². The molecule has 0 N–H and O–H groups in total. The Kier molecular flexibility index (Phi) is 8.99. The van der Waals surface area contributed by atoms with Gasteiger partial charge in [0, 0.05) is 49.2 Å². The summed E-state index contributed by atoms with van der Waals surface area (Å²) in [5.74, 6) is -1.36. The van der Waals surface area contributed by atoms with Gasteiger partial charge in [-0.25, -0.2) is 8.78 Å². The molecule has 2 fully saturated rings. The van der Waals surface area contributed by atoms with Crippen LogP contribution in [0.5, 0.6) is 6.01 Å². The Morgan fingerprint density at radius 3 is 2.77 bits per heavy atom. The van der Waals surface area contributed by atoms with Gasteiger partial charge >= 0.3 is 6.01 Å². The van der Waals surface area contributed by atoms with Gasteiger partial charge in [-0.2, -0.15) is 15.2 Å². The fourth-order valence-electron chi connectivity index (χ4n) is 6.61. The van der Waals surface area contributed by atoms with E-state index < -0.39 is 29.4 Å². The van der Waals surface area contributed by atoms with Crippen molar-refractivity contribution in [1.29, 1.82) is 5.26 Å². The summed E-state index contributed by atoms with van der Waals surface area (Å²) < 4.78 is 33.8. The van der Waals surface area contributed by atoms with Gasteiger partial charge in [-0.15, -0.1) is 0 Å². The first-order chi connectivity index (χ1) is 20.6. The van der Waals surface area contributed by atoms with Gasteiger partial charge in [0.15, 0.2) is 5.83 Å². The molecular weight excluding hydrogens is 578 g/mol. The highest BCUT2D eigenvalue weighted by Crippen LogP contribution is 2.43. The number of fused-ring (bicyclic) bond motifs is 1. The zero-order valence-electron chi connectivity index (χ0n) is 24.4. The molecule has 3 heterocycles. The molecule has 2 aromatic rings. The van der Waals surface area contributed by atoms with Crippen molar-refractivity contribution in [1.82, 2.24) is 19.8 Å². The summed E-state index contributed by atoms with van der Waals surface area (Å²) in [4.78, 5) is 39.9. The molecule has 5 rings (SSSR count). The van der Waals surface area contributed by atoms with Crippen LogP contribution in [0.3, 0.4) is 0 Å². The van der Waals surface area contributed by atoms with Gasteiger partial charge in [-0.1, -0.05) is 30.3 Å². The van der Waals surface area contributed by atoms with E-state index in [4.69, 9.17) is 26.3 Å². The standard InChI is InChI=1S/C31H35ClF2N6O3/c1-19-27(14-31(18-41)9-7-24-25(31)5-4-6-26(24)32)36-30(43-17-23-13-21(34)15-38(23)3)37-28(19)39-11-12-40(29(42)20(2)33)22(16-39)8-10-35/h4-6,18,21-23H,2,7-9,11-17H2,1,3H3/t21-,22+,23+,31?/m1/s1. The summed E-state index contributed by atoms with van der Waals surface area (Å²) in [5, 5.41) is 10.1. The van der Waals surface area contributed by atoms with Crippen molar-refractivity contribution in [2.45, 2.75) is 62.7 Å². The van der Waals surface area contributed by atoms with Crippen molar-refractivity contribution >= 4 is 29.6 Å². The molecule has 2 saturated heterocycles. The third-order valence-corrected chi connectivity index (χ3v) is 9.38. The lowest BCUT2D eigenvalue weighted by molar-refractivity contribution is -0.131. The number of likely N-dealkylation sites (tertiary alicyclic amines) is 1. The van der Waals surface area contributed by atoms with Gasteiger partial charge in [0.25, 0.3) is 5.91 Å². The van der Waals surface area contributed by atoms with Crippen molar-refractivity contribution in [3.8, 4) is 12.1 Å². The van der Waals surface area contributed by atoms with Crippen molar-refractivity contribution < 1.29 is 23.1 Å². The second-order valence-electron chi connectivity index (χ2n) is 11.7. The quantitative estimate of drug-likeness (QED) is 0.310. The average molecular weight is 613 g/mol. The minimum atomic E-state index is -1.07. The summed E-state index contributed by atoms with van der Waals surface area (Å²) in [6, 6.07) is 7.07. The van der Waals surface area contributed by atoms with Gasteiger partial charge in [0.05, 0.1) is 29.6 Å². The number of amides is 1. The Morgan fingerprint density at radius 2 is 2.09 bits per heavy atom. The molecule has 0 radical (unpaired) electrons. The van der Waals surface area contributed by atoms with Crippen LogP contribution in [0.1, 0.15) is 41.6 Å². The lowest BCUT2D eigenvalue weighted by atomic mass is 9.78. The molecule has 228 valence electrons. The predicted octanol–water partition coefficient (Wildman–Crippen LogP) is 3.90. The zero-order valence-corrected chi connectivity index (χ0v) is 25.1. The first-order valence-electron chi connectivity index (χ1n) is 14.4. The molecule has 9 nitrogen and oxygen atoms in total. The molecule has 1 aromatic heterocycles. The number of benzene rings is 1. The van der Waals surface area contributed by atoms with Gasteiger partial charge in [-0.3, -0.25) is 9.69 Å². The van der Waals surface area contributed by atoms with Gasteiger partial charge in [0.1, 0.15) is 24.9 Å². The Hall–Kier alpha value is -3.62. The number of likely N-dealkylation sites (N-methyl/N-ethyl adjacent to an activating group) is 1. The predicted molar refractivity (Wildman–Crippen MR) is 158 cm³/mol. The van der Waals surface area contributed by atoms with Gasteiger partial charge in [-0.05, 0) is 50.4 Å². The Balaban J connectivity index is 1.50. The van der Waals surface area contributed by atoms with Crippen LogP contribution in [0.2, 0.25) is 5.02 Å². The average Bonchev–Trinajstić information content (AvgIpc) is 3.52. The summed E-state index contributed by atoms with van der Waals surface area (Å²) in [5.41, 5.74) is 2.36. The minimum absolute atomic E-state index is 0.0000734. The number of piperazine rings is 1. The topological polar surface area (TPSA) is 103 Å². The van der Waals surface area contributed by atoms with Gasteiger partial charge in [0.2, 0.25) is 0 Å². The fraction of sp³-hybridized carbons (Fsp3) is 0.516. The van der Waals surface area contributed by atoms with E-state index in [0.717, 1.165) is 23.0 Å². The maximum Gasteiger partial charge on any atom is 0.318 e. The van der Waals surface area contributed by atoms with E-state index >= 15 is 0 Å². The van der Waals surface area contributed by atoms with E-state index in [1.54, 1.807) is 0 Å².